The van der Waals surface area contributed by atoms with Gasteiger partial charge in [-0.25, -0.2) is 0 Å². The average molecular weight is 268 g/mol. The van der Waals surface area contributed by atoms with Crippen molar-refractivity contribution >= 4 is 21.6 Å². The molecule has 0 amide bonds. The van der Waals surface area contributed by atoms with Crippen molar-refractivity contribution in [1.29, 1.82) is 0 Å². The average Bonchev–Trinajstić information content (AvgIpc) is 2.70. The summed E-state index contributed by atoms with van der Waals surface area (Å²) in [5, 5.41) is 3.83. The van der Waals surface area contributed by atoms with E-state index in [1.165, 1.54) is 0 Å². The van der Waals surface area contributed by atoms with Gasteiger partial charge in [-0.05, 0) is 34.1 Å². The van der Waals surface area contributed by atoms with Crippen LogP contribution in [0.3, 0.4) is 0 Å². The molecular weight excluding hydrogens is 258 g/mol. The van der Waals surface area contributed by atoms with E-state index in [4.69, 9.17) is 10.3 Å². The molecule has 1 heterocycles. The molecule has 0 fully saturated rings. The minimum atomic E-state index is 0.521. The first-order chi connectivity index (χ1) is 7.20. The van der Waals surface area contributed by atoms with E-state index in [0.717, 1.165) is 16.5 Å². The lowest BCUT2D eigenvalue weighted by Crippen LogP contribution is -1.87. The van der Waals surface area contributed by atoms with Crippen LogP contribution in [-0.4, -0.2) is 10.1 Å². The lowest BCUT2D eigenvalue weighted by molar-refractivity contribution is 0.423. The lowest BCUT2D eigenvalue weighted by atomic mass is 10.2. The largest absolute Gasteiger partial charge is 0.398 e. The van der Waals surface area contributed by atoms with E-state index in [-0.39, 0.29) is 0 Å². The van der Waals surface area contributed by atoms with E-state index in [1.54, 1.807) is 6.07 Å². The molecular formula is C10H10BrN3O. The highest BCUT2D eigenvalue weighted by Gasteiger charge is 2.08. The van der Waals surface area contributed by atoms with Gasteiger partial charge in [-0.1, -0.05) is 12.1 Å². The molecule has 0 aliphatic carbocycles. The number of nitrogens with two attached hydrogens (primary N) is 1. The maximum absolute atomic E-state index is 5.68. The van der Waals surface area contributed by atoms with Crippen molar-refractivity contribution in [1.82, 2.24) is 10.1 Å². The van der Waals surface area contributed by atoms with Gasteiger partial charge in [-0.2, -0.15) is 4.98 Å². The molecule has 1 aromatic carbocycles. The van der Waals surface area contributed by atoms with Crippen molar-refractivity contribution in [2.45, 2.75) is 13.3 Å². The van der Waals surface area contributed by atoms with Gasteiger partial charge < -0.3 is 10.3 Å². The molecule has 78 valence electrons. The normalized spacial score (nSPS) is 10.5. The number of halogens is 1. The summed E-state index contributed by atoms with van der Waals surface area (Å²) in [6.07, 6.45) is 0.764. The molecule has 1 aromatic heterocycles. The minimum Gasteiger partial charge on any atom is -0.398 e. The van der Waals surface area contributed by atoms with Gasteiger partial charge in [0.2, 0.25) is 0 Å². The zero-order valence-electron chi connectivity index (χ0n) is 8.20. The molecule has 0 aliphatic rings. The molecule has 5 heteroatoms. The maximum Gasteiger partial charge on any atom is 0.257 e. The maximum atomic E-state index is 5.68. The quantitative estimate of drug-likeness (QED) is 0.850. The Hall–Kier alpha value is -1.36. The summed E-state index contributed by atoms with van der Waals surface area (Å²) < 4.78 is 5.94. The number of aryl methyl sites for hydroxylation is 1. The summed E-state index contributed by atoms with van der Waals surface area (Å²) in [7, 11) is 0. The van der Waals surface area contributed by atoms with Crippen LogP contribution in [0, 0.1) is 0 Å². The van der Waals surface area contributed by atoms with E-state index >= 15 is 0 Å². The number of aromatic nitrogens is 2. The fourth-order valence-corrected chi connectivity index (χ4v) is 1.55. The van der Waals surface area contributed by atoms with Crippen LogP contribution < -0.4 is 5.73 Å². The predicted molar refractivity (Wildman–Crippen MR) is 61.2 cm³/mol. The molecule has 0 saturated carbocycles. The van der Waals surface area contributed by atoms with Crippen molar-refractivity contribution in [3.63, 3.8) is 0 Å². The molecule has 0 radical (unpaired) electrons. The van der Waals surface area contributed by atoms with Gasteiger partial charge in [0, 0.05) is 22.1 Å². The highest BCUT2D eigenvalue weighted by molar-refractivity contribution is 9.10. The van der Waals surface area contributed by atoms with Gasteiger partial charge in [0.15, 0.2) is 5.82 Å². The summed E-state index contributed by atoms with van der Waals surface area (Å²) in [6.45, 7) is 1.98. The van der Waals surface area contributed by atoms with Gasteiger partial charge >= 0.3 is 0 Å². The second-order valence-corrected chi connectivity index (χ2v) is 3.96. The van der Waals surface area contributed by atoms with E-state index in [1.807, 2.05) is 19.1 Å². The number of nitrogen functional groups attached to an aromatic ring is 1. The van der Waals surface area contributed by atoms with E-state index in [0.29, 0.717) is 17.4 Å². The third kappa shape index (κ3) is 2.02. The topological polar surface area (TPSA) is 64.9 Å². The Bertz CT molecular complexity index is 481. The van der Waals surface area contributed by atoms with Gasteiger partial charge in [-0.3, -0.25) is 0 Å². The Morgan fingerprint density at radius 1 is 1.47 bits per heavy atom. The molecule has 2 aromatic rings. The van der Waals surface area contributed by atoms with Crippen molar-refractivity contribution in [3.8, 4) is 11.5 Å². The molecule has 0 bridgehead atoms. The van der Waals surface area contributed by atoms with E-state index in [9.17, 15) is 0 Å². The third-order valence-electron chi connectivity index (χ3n) is 2.03. The molecule has 0 aliphatic heterocycles. The SMILES string of the molecule is CCc1noc(-c2ccc(N)c(Br)c2)n1. The van der Waals surface area contributed by atoms with Crippen LogP contribution in [0.1, 0.15) is 12.7 Å². The number of hydrogen-bond acceptors (Lipinski definition) is 4. The number of rotatable bonds is 2. The molecule has 0 atom stereocenters. The first-order valence-electron chi connectivity index (χ1n) is 4.58. The number of hydrogen-bond donors (Lipinski definition) is 1. The predicted octanol–water partition coefficient (Wildman–Crippen LogP) is 2.64. The zero-order chi connectivity index (χ0) is 10.8. The minimum absolute atomic E-state index is 0.521. The van der Waals surface area contributed by atoms with Gasteiger partial charge in [-0.15, -0.1) is 0 Å². The van der Waals surface area contributed by atoms with Gasteiger partial charge in [0.1, 0.15) is 0 Å². The lowest BCUT2D eigenvalue weighted by Gasteiger charge is -1.98. The fraction of sp³-hybridized carbons (Fsp3) is 0.200. The molecule has 2 N–H and O–H groups in total. The Morgan fingerprint density at radius 2 is 2.27 bits per heavy atom. The summed E-state index contributed by atoms with van der Waals surface area (Å²) in [4.78, 5) is 4.23. The van der Waals surface area contributed by atoms with Crippen molar-refractivity contribution < 1.29 is 4.52 Å². The van der Waals surface area contributed by atoms with Crippen LogP contribution in [0.2, 0.25) is 0 Å². The van der Waals surface area contributed by atoms with Crippen LogP contribution in [0.4, 0.5) is 5.69 Å². The van der Waals surface area contributed by atoms with Gasteiger partial charge in [0.05, 0.1) is 0 Å². The summed E-state index contributed by atoms with van der Waals surface area (Å²) in [6, 6.07) is 5.52. The van der Waals surface area contributed by atoms with E-state index < -0.39 is 0 Å². The van der Waals surface area contributed by atoms with E-state index in [2.05, 4.69) is 26.1 Å². The Balaban J connectivity index is 2.40. The molecule has 0 unspecified atom stereocenters. The highest BCUT2D eigenvalue weighted by atomic mass is 79.9. The van der Waals surface area contributed by atoms with Crippen LogP contribution in [0.25, 0.3) is 11.5 Å². The van der Waals surface area contributed by atoms with Crippen molar-refractivity contribution in [2.24, 2.45) is 0 Å². The second kappa shape index (κ2) is 4.02. The zero-order valence-corrected chi connectivity index (χ0v) is 9.78. The Kier molecular flexibility index (Phi) is 2.73. The van der Waals surface area contributed by atoms with Crippen LogP contribution in [-0.2, 0) is 6.42 Å². The monoisotopic (exact) mass is 267 g/mol. The molecule has 15 heavy (non-hydrogen) atoms. The first-order valence-corrected chi connectivity index (χ1v) is 5.38. The first kappa shape index (κ1) is 10.2. The molecule has 4 nitrogen and oxygen atoms in total. The molecule has 0 spiro atoms. The van der Waals surface area contributed by atoms with Gasteiger partial charge in [0.25, 0.3) is 5.89 Å². The summed E-state index contributed by atoms with van der Waals surface area (Å²) >= 11 is 3.35. The Morgan fingerprint density at radius 3 is 2.87 bits per heavy atom. The molecule has 0 saturated heterocycles. The smallest absolute Gasteiger partial charge is 0.257 e. The third-order valence-corrected chi connectivity index (χ3v) is 2.72. The van der Waals surface area contributed by atoms with Crippen LogP contribution in [0.5, 0.6) is 0 Å². The molecule has 2 rings (SSSR count). The standard InChI is InChI=1S/C10H10BrN3O/c1-2-9-13-10(15-14-9)6-3-4-8(12)7(11)5-6/h3-5H,2,12H2,1H3. The van der Waals surface area contributed by atoms with Crippen molar-refractivity contribution in [3.05, 3.63) is 28.5 Å². The summed E-state index contributed by atoms with van der Waals surface area (Å²) in [5.74, 6) is 1.23. The highest BCUT2D eigenvalue weighted by Crippen LogP contribution is 2.26. The van der Waals surface area contributed by atoms with Crippen molar-refractivity contribution in [2.75, 3.05) is 5.73 Å². The summed E-state index contributed by atoms with van der Waals surface area (Å²) in [5.41, 5.74) is 7.24. The van der Waals surface area contributed by atoms with Crippen LogP contribution in [0.15, 0.2) is 27.2 Å². The Labute approximate surface area is 95.6 Å². The van der Waals surface area contributed by atoms with Crippen LogP contribution >= 0.6 is 15.9 Å². The number of benzene rings is 1. The number of nitrogens with zero attached hydrogens (tertiary/aromatic N) is 2. The fourth-order valence-electron chi connectivity index (χ4n) is 1.17. The second-order valence-electron chi connectivity index (χ2n) is 3.11. The number of anilines is 1.